The van der Waals surface area contributed by atoms with Crippen LogP contribution in [0.25, 0.3) is 0 Å². The van der Waals surface area contributed by atoms with Crippen LogP contribution in [0.15, 0.2) is 18.2 Å². The van der Waals surface area contributed by atoms with Gasteiger partial charge in [-0.3, -0.25) is 4.72 Å². The second kappa shape index (κ2) is 5.78. The quantitative estimate of drug-likeness (QED) is 0.876. The van der Waals surface area contributed by atoms with E-state index in [1.54, 1.807) is 0 Å². The third-order valence-electron chi connectivity index (χ3n) is 2.60. The Morgan fingerprint density at radius 2 is 1.95 bits per heavy atom. The lowest BCUT2D eigenvalue weighted by Crippen LogP contribution is -2.22. The third-order valence-corrected chi connectivity index (χ3v) is 3.87. The average molecular weight is 303 g/mol. The summed E-state index contributed by atoms with van der Waals surface area (Å²) in [5.41, 5.74) is -0.704. The highest BCUT2D eigenvalue weighted by atomic mass is 32.2. The molecule has 0 spiro atoms. The highest BCUT2D eigenvalue weighted by molar-refractivity contribution is 7.92. The monoisotopic (exact) mass is 303 g/mol. The van der Waals surface area contributed by atoms with Gasteiger partial charge in [-0.2, -0.15) is 0 Å². The van der Waals surface area contributed by atoms with Crippen molar-refractivity contribution in [3.05, 3.63) is 29.6 Å². The number of carboxylic acids is 1. The van der Waals surface area contributed by atoms with Gasteiger partial charge >= 0.3 is 5.97 Å². The molecule has 0 bridgehead atoms. The predicted molar refractivity (Wildman–Crippen MR) is 74.8 cm³/mol. The van der Waals surface area contributed by atoms with Crippen molar-refractivity contribution < 1.29 is 22.7 Å². The van der Waals surface area contributed by atoms with E-state index in [9.17, 15) is 17.6 Å². The zero-order valence-corrected chi connectivity index (χ0v) is 12.4. The van der Waals surface area contributed by atoms with Gasteiger partial charge in [0, 0.05) is 0 Å². The minimum Gasteiger partial charge on any atom is -0.478 e. The molecule has 1 aromatic rings. The second-order valence-electron chi connectivity index (χ2n) is 5.73. The lowest BCUT2D eigenvalue weighted by molar-refractivity contribution is 0.0697. The molecule has 2 N–H and O–H groups in total. The Kier molecular flexibility index (Phi) is 4.75. The summed E-state index contributed by atoms with van der Waals surface area (Å²) in [7, 11) is -3.67. The van der Waals surface area contributed by atoms with Gasteiger partial charge in [-0.1, -0.05) is 20.8 Å². The molecule has 0 saturated heterocycles. The SMILES string of the molecule is CC(C)(C)CCS(=O)(=O)Nc1ccc(F)cc1C(=O)O. The third kappa shape index (κ3) is 5.16. The lowest BCUT2D eigenvalue weighted by atomic mass is 9.94. The van der Waals surface area contributed by atoms with Crippen molar-refractivity contribution in [3.8, 4) is 0 Å². The average Bonchev–Trinajstić information content (AvgIpc) is 2.28. The molecular weight excluding hydrogens is 285 g/mol. The number of hydrogen-bond acceptors (Lipinski definition) is 3. The normalized spacial score (nSPS) is 12.2. The Morgan fingerprint density at radius 1 is 1.35 bits per heavy atom. The van der Waals surface area contributed by atoms with E-state index >= 15 is 0 Å². The number of sulfonamides is 1. The van der Waals surface area contributed by atoms with E-state index in [-0.39, 0.29) is 16.9 Å². The largest absolute Gasteiger partial charge is 0.478 e. The molecule has 0 saturated carbocycles. The molecule has 0 aromatic heterocycles. The number of benzene rings is 1. The maximum absolute atomic E-state index is 13.0. The van der Waals surface area contributed by atoms with Gasteiger partial charge in [0.05, 0.1) is 17.0 Å². The first-order chi connectivity index (χ1) is 9.00. The lowest BCUT2D eigenvalue weighted by Gasteiger charge is -2.18. The number of carboxylic acid groups (broad SMARTS) is 1. The van der Waals surface area contributed by atoms with Crippen LogP contribution in [-0.4, -0.2) is 25.2 Å². The Labute approximate surface area is 117 Å². The molecule has 20 heavy (non-hydrogen) atoms. The molecule has 112 valence electrons. The van der Waals surface area contributed by atoms with Crippen LogP contribution in [0.2, 0.25) is 0 Å². The number of hydrogen-bond donors (Lipinski definition) is 2. The Hall–Kier alpha value is -1.63. The molecule has 0 radical (unpaired) electrons. The molecule has 0 aliphatic heterocycles. The zero-order valence-electron chi connectivity index (χ0n) is 11.6. The minimum atomic E-state index is -3.67. The standard InChI is InChI=1S/C13H18FNO4S/c1-13(2,3)6-7-20(18,19)15-11-5-4-9(14)8-10(11)12(16)17/h4-5,8,15H,6-7H2,1-3H3,(H,16,17). The summed E-state index contributed by atoms with van der Waals surface area (Å²) in [4.78, 5) is 11.0. The topological polar surface area (TPSA) is 83.5 Å². The molecule has 1 rings (SSSR count). The predicted octanol–water partition coefficient (Wildman–Crippen LogP) is 2.70. The molecule has 7 heteroatoms. The van der Waals surface area contributed by atoms with E-state index < -0.39 is 27.4 Å². The van der Waals surface area contributed by atoms with Crippen LogP contribution < -0.4 is 4.72 Å². The highest BCUT2D eigenvalue weighted by Crippen LogP contribution is 2.22. The Morgan fingerprint density at radius 3 is 2.45 bits per heavy atom. The van der Waals surface area contributed by atoms with Crippen molar-refractivity contribution in [2.24, 2.45) is 5.41 Å². The van der Waals surface area contributed by atoms with Gasteiger partial charge in [-0.05, 0) is 30.0 Å². The molecule has 0 aliphatic rings. The minimum absolute atomic E-state index is 0.132. The Bertz CT molecular complexity index is 605. The van der Waals surface area contributed by atoms with Gasteiger partial charge in [-0.25, -0.2) is 17.6 Å². The van der Waals surface area contributed by atoms with Crippen LogP contribution in [0.1, 0.15) is 37.6 Å². The van der Waals surface area contributed by atoms with Crippen molar-refractivity contribution in [2.45, 2.75) is 27.2 Å². The summed E-state index contributed by atoms with van der Waals surface area (Å²) in [5, 5.41) is 8.94. The summed E-state index contributed by atoms with van der Waals surface area (Å²) in [6.07, 6.45) is 0.423. The van der Waals surface area contributed by atoms with Crippen molar-refractivity contribution >= 4 is 21.7 Å². The molecule has 0 fully saturated rings. The smallest absolute Gasteiger partial charge is 0.337 e. The van der Waals surface area contributed by atoms with Crippen molar-refractivity contribution in [3.63, 3.8) is 0 Å². The van der Waals surface area contributed by atoms with Crippen molar-refractivity contribution in [1.29, 1.82) is 0 Å². The fourth-order valence-corrected chi connectivity index (χ4v) is 2.94. The second-order valence-corrected chi connectivity index (χ2v) is 7.57. The van der Waals surface area contributed by atoms with Crippen LogP contribution in [0.3, 0.4) is 0 Å². The fourth-order valence-electron chi connectivity index (χ4n) is 1.44. The highest BCUT2D eigenvalue weighted by Gasteiger charge is 2.20. The summed E-state index contributed by atoms with van der Waals surface area (Å²) < 4.78 is 39.0. The summed E-state index contributed by atoms with van der Waals surface area (Å²) in [6, 6.07) is 2.89. The van der Waals surface area contributed by atoms with Crippen LogP contribution in [0.5, 0.6) is 0 Å². The van der Waals surface area contributed by atoms with Crippen molar-refractivity contribution in [1.82, 2.24) is 0 Å². The molecule has 0 amide bonds. The molecule has 0 heterocycles. The maximum Gasteiger partial charge on any atom is 0.337 e. The van der Waals surface area contributed by atoms with E-state index in [1.165, 1.54) is 0 Å². The van der Waals surface area contributed by atoms with Gasteiger partial charge in [0.1, 0.15) is 5.82 Å². The molecular formula is C13H18FNO4S. The molecule has 1 aromatic carbocycles. The summed E-state index contributed by atoms with van der Waals surface area (Å²) in [6.45, 7) is 5.72. The van der Waals surface area contributed by atoms with Gasteiger partial charge in [0.15, 0.2) is 0 Å². The van der Waals surface area contributed by atoms with E-state index in [0.717, 1.165) is 18.2 Å². The van der Waals surface area contributed by atoms with Crippen LogP contribution in [0.4, 0.5) is 10.1 Å². The number of anilines is 1. The molecule has 0 atom stereocenters. The number of rotatable bonds is 5. The first-order valence-corrected chi connectivity index (χ1v) is 7.69. The number of nitrogens with one attached hydrogen (secondary N) is 1. The fraction of sp³-hybridized carbons (Fsp3) is 0.462. The molecule has 0 aliphatic carbocycles. The Balaban J connectivity index is 2.95. The van der Waals surface area contributed by atoms with E-state index in [0.29, 0.717) is 6.42 Å². The van der Waals surface area contributed by atoms with Crippen LogP contribution in [0, 0.1) is 11.2 Å². The summed E-state index contributed by atoms with van der Waals surface area (Å²) >= 11 is 0. The number of aromatic carboxylic acids is 1. The number of carbonyl (C=O) groups is 1. The zero-order chi connectivity index (χ0) is 15.6. The molecule has 5 nitrogen and oxygen atoms in total. The van der Waals surface area contributed by atoms with Crippen molar-refractivity contribution in [2.75, 3.05) is 10.5 Å². The van der Waals surface area contributed by atoms with Gasteiger partial charge in [0.25, 0.3) is 0 Å². The van der Waals surface area contributed by atoms with E-state index in [4.69, 9.17) is 5.11 Å². The summed E-state index contributed by atoms with van der Waals surface area (Å²) in [5.74, 6) is -2.26. The first kappa shape index (κ1) is 16.4. The van der Waals surface area contributed by atoms with E-state index in [1.807, 2.05) is 20.8 Å². The van der Waals surface area contributed by atoms with Crippen LogP contribution >= 0.6 is 0 Å². The van der Waals surface area contributed by atoms with E-state index in [2.05, 4.69) is 4.72 Å². The number of halogens is 1. The van der Waals surface area contributed by atoms with Gasteiger partial charge in [0.2, 0.25) is 10.0 Å². The first-order valence-electron chi connectivity index (χ1n) is 6.03. The van der Waals surface area contributed by atoms with Crippen LogP contribution in [-0.2, 0) is 10.0 Å². The van der Waals surface area contributed by atoms with Gasteiger partial charge in [-0.15, -0.1) is 0 Å². The van der Waals surface area contributed by atoms with Gasteiger partial charge < -0.3 is 5.11 Å². The maximum atomic E-state index is 13.0. The molecule has 0 unspecified atom stereocenters.